The minimum Gasteiger partial charge on any atom is -0.309 e. The Hall–Kier alpha value is -6.19. The van der Waals surface area contributed by atoms with Crippen molar-refractivity contribution in [3.8, 4) is 5.69 Å². The van der Waals surface area contributed by atoms with Crippen LogP contribution in [0.3, 0.4) is 0 Å². The van der Waals surface area contributed by atoms with Gasteiger partial charge in [0.15, 0.2) is 0 Å². The fourth-order valence-electron chi connectivity index (χ4n) is 9.55. The van der Waals surface area contributed by atoms with Crippen molar-refractivity contribution >= 4 is 76.9 Å². The molecule has 1 aliphatic heterocycles. The second kappa shape index (κ2) is 9.49. The normalized spacial score (nSPS) is 20.0. The summed E-state index contributed by atoms with van der Waals surface area (Å²) in [6.45, 7) is 0. The van der Waals surface area contributed by atoms with Crippen LogP contribution in [-0.2, 0) is 0 Å². The molecule has 4 heterocycles. The summed E-state index contributed by atoms with van der Waals surface area (Å²) >= 11 is 0. The van der Waals surface area contributed by atoms with E-state index in [0.29, 0.717) is 5.92 Å². The fourth-order valence-corrected chi connectivity index (χ4v) is 9.55. The van der Waals surface area contributed by atoms with Crippen LogP contribution in [0.5, 0.6) is 0 Å². The van der Waals surface area contributed by atoms with Gasteiger partial charge in [0.25, 0.3) is 0 Å². The molecule has 0 radical (unpaired) electrons. The Morgan fingerprint density at radius 3 is 2.06 bits per heavy atom. The number of benzene rings is 6. The molecule has 3 aliphatic rings. The zero-order chi connectivity index (χ0) is 32.6. The van der Waals surface area contributed by atoms with Gasteiger partial charge >= 0.3 is 0 Å². The van der Waals surface area contributed by atoms with Crippen molar-refractivity contribution in [2.24, 2.45) is 16.3 Å². The van der Waals surface area contributed by atoms with Crippen LogP contribution in [0, 0.1) is 11.3 Å². The van der Waals surface area contributed by atoms with Crippen LogP contribution < -0.4 is 0 Å². The Morgan fingerprint density at radius 2 is 1.26 bits per heavy atom. The van der Waals surface area contributed by atoms with Gasteiger partial charge in [-0.25, -0.2) is 0 Å². The van der Waals surface area contributed by atoms with Crippen LogP contribution in [0.2, 0.25) is 0 Å². The summed E-state index contributed by atoms with van der Waals surface area (Å²) in [4.78, 5) is 5.44. The first-order valence-electron chi connectivity index (χ1n) is 17.7. The molecule has 0 saturated heterocycles. The molecule has 3 nitrogen and oxygen atoms in total. The predicted octanol–water partition coefficient (Wildman–Crippen LogP) is 11.8. The molecular weight excluding hydrogens is 607 g/mol. The first-order valence-corrected chi connectivity index (χ1v) is 17.7. The molecule has 6 aromatic carbocycles. The van der Waals surface area contributed by atoms with Gasteiger partial charge in [-0.3, -0.25) is 4.99 Å². The third-order valence-corrected chi connectivity index (χ3v) is 11.9. The van der Waals surface area contributed by atoms with E-state index in [-0.39, 0.29) is 5.41 Å². The SMILES string of the molecule is C1=CC2=NC(c3ccccc3)=C(c3ccc(-n4c5ccccc5c5c6c7ccccc7n7c8ccccc8c(cc54)c67)cc3)CC3CC23C=C1. The van der Waals surface area contributed by atoms with E-state index in [1.165, 1.54) is 94.4 Å². The molecule has 2 aliphatic carbocycles. The molecule has 234 valence electrons. The van der Waals surface area contributed by atoms with Crippen molar-refractivity contribution < 1.29 is 0 Å². The number of allylic oxidation sites excluding steroid dienone is 5. The summed E-state index contributed by atoms with van der Waals surface area (Å²) in [5, 5.41) is 7.86. The number of fused-ring (bicyclic) bond motifs is 10. The minimum absolute atomic E-state index is 0.0912. The van der Waals surface area contributed by atoms with Gasteiger partial charge < -0.3 is 8.97 Å². The third kappa shape index (κ3) is 3.37. The van der Waals surface area contributed by atoms with Crippen LogP contribution in [-0.4, -0.2) is 14.7 Å². The van der Waals surface area contributed by atoms with E-state index in [9.17, 15) is 0 Å². The summed E-state index contributed by atoms with van der Waals surface area (Å²) in [7, 11) is 0. The highest BCUT2D eigenvalue weighted by atomic mass is 15.0. The summed E-state index contributed by atoms with van der Waals surface area (Å²) in [6, 6.07) is 49.2. The van der Waals surface area contributed by atoms with Crippen molar-refractivity contribution in [3.05, 3.63) is 169 Å². The zero-order valence-corrected chi connectivity index (χ0v) is 27.3. The van der Waals surface area contributed by atoms with Crippen molar-refractivity contribution in [2.75, 3.05) is 0 Å². The highest BCUT2D eigenvalue weighted by Gasteiger charge is 2.56. The van der Waals surface area contributed by atoms with E-state index in [0.717, 1.165) is 12.1 Å². The van der Waals surface area contributed by atoms with Gasteiger partial charge in [-0.15, -0.1) is 0 Å². The quantitative estimate of drug-likeness (QED) is 0.184. The molecule has 2 unspecified atom stereocenters. The molecular formula is C47H31N3. The first kappa shape index (κ1) is 26.7. The van der Waals surface area contributed by atoms with Gasteiger partial charge in [-0.1, -0.05) is 115 Å². The third-order valence-electron chi connectivity index (χ3n) is 11.9. The van der Waals surface area contributed by atoms with Crippen molar-refractivity contribution in [1.82, 2.24) is 8.97 Å². The highest BCUT2D eigenvalue weighted by Crippen LogP contribution is 2.62. The molecule has 1 fully saturated rings. The van der Waals surface area contributed by atoms with Gasteiger partial charge in [0.05, 0.1) is 39.0 Å². The Labute approximate surface area is 288 Å². The van der Waals surface area contributed by atoms with Crippen molar-refractivity contribution in [1.29, 1.82) is 0 Å². The smallest absolute Gasteiger partial charge is 0.0743 e. The summed E-state index contributed by atoms with van der Waals surface area (Å²) < 4.78 is 4.97. The Bertz CT molecular complexity index is 3020. The van der Waals surface area contributed by atoms with Gasteiger partial charge in [0, 0.05) is 49.0 Å². The predicted molar refractivity (Wildman–Crippen MR) is 210 cm³/mol. The molecule has 12 rings (SSSR count). The number of aliphatic imine (C=N–C) groups is 1. The maximum absolute atomic E-state index is 5.44. The fraction of sp³-hybridized carbons (Fsp3) is 0.0851. The largest absolute Gasteiger partial charge is 0.309 e. The average Bonchev–Trinajstić information content (AvgIpc) is 3.45. The van der Waals surface area contributed by atoms with E-state index in [1.807, 2.05) is 0 Å². The topological polar surface area (TPSA) is 21.7 Å². The lowest BCUT2D eigenvalue weighted by molar-refractivity contribution is 0.746. The van der Waals surface area contributed by atoms with E-state index in [4.69, 9.17) is 4.99 Å². The summed E-state index contributed by atoms with van der Waals surface area (Å²) in [6.07, 6.45) is 11.2. The molecule has 2 atom stereocenters. The van der Waals surface area contributed by atoms with Crippen LogP contribution in [0.4, 0.5) is 0 Å². The number of hydrogen-bond donors (Lipinski definition) is 0. The second-order valence-corrected chi connectivity index (χ2v) is 14.4. The van der Waals surface area contributed by atoms with E-state index >= 15 is 0 Å². The van der Waals surface area contributed by atoms with Gasteiger partial charge in [0.2, 0.25) is 0 Å². The maximum atomic E-state index is 5.44. The van der Waals surface area contributed by atoms with Gasteiger partial charge in [-0.2, -0.15) is 0 Å². The van der Waals surface area contributed by atoms with Crippen molar-refractivity contribution in [3.63, 3.8) is 0 Å². The van der Waals surface area contributed by atoms with E-state index < -0.39 is 0 Å². The van der Waals surface area contributed by atoms with E-state index in [1.54, 1.807) is 0 Å². The molecule has 1 spiro atoms. The van der Waals surface area contributed by atoms with Crippen LogP contribution in [0.1, 0.15) is 24.0 Å². The summed E-state index contributed by atoms with van der Waals surface area (Å²) in [5.74, 6) is 0.580. The lowest BCUT2D eigenvalue weighted by Gasteiger charge is -2.15. The Kier molecular flexibility index (Phi) is 5.07. The monoisotopic (exact) mass is 637 g/mol. The highest BCUT2D eigenvalue weighted by molar-refractivity contribution is 6.35. The van der Waals surface area contributed by atoms with Crippen LogP contribution >= 0.6 is 0 Å². The molecule has 9 aromatic rings. The van der Waals surface area contributed by atoms with Crippen LogP contribution in [0.15, 0.2) is 163 Å². The number of aromatic nitrogens is 2. The molecule has 1 saturated carbocycles. The Balaban J connectivity index is 1.11. The minimum atomic E-state index is 0.0912. The van der Waals surface area contributed by atoms with Crippen LogP contribution in [0.25, 0.3) is 76.9 Å². The molecule has 0 N–H and O–H groups in total. The van der Waals surface area contributed by atoms with Gasteiger partial charge in [0.1, 0.15) is 0 Å². The van der Waals surface area contributed by atoms with Gasteiger partial charge in [-0.05, 0) is 72.4 Å². The second-order valence-electron chi connectivity index (χ2n) is 14.4. The molecule has 0 bridgehead atoms. The lowest BCUT2D eigenvalue weighted by Crippen LogP contribution is -2.15. The van der Waals surface area contributed by atoms with Crippen molar-refractivity contribution in [2.45, 2.75) is 12.8 Å². The molecule has 3 aromatic heterocycles. The first-order chi connectivity index (χ1) is 24.8. The number of nitrogens with zero attached hydrogens (tertiary/aromatic N) is 3. The molecule has 3 heteroatoms. The lowest BCUT2D eigenvalue weighted by atomic mass is 9.90. The zero-order valence-electron chi connectivity index (χ0n) is 27.3. The molecule has 50 heavy (non-hydrogen) atoms. The maximum Gasteiger partial charge on any atom is 0.0743 e. The number of rotatable bonds is 3. The standard InChI is InChI=1S/C47H31N3/c1-2-12-30(13-3-1)45-36(26-31-28-47(31)25-11-10-20-42(47)48-45)29-21-23-32(24-22-29)49-39-18-8-5-15-34(39)43-41(49)27-37-33-14-4-7-17-38(33)50-40-19-9-6-16-35(40)44(43)46(37)50/h1-25,27,31H,26,28H2. The molecule has 0 amide bonds. The average molecular weight is 638 g/mol. The number of hydrogen-bond acceptors (Lipinski definition) is 1. The van der Waals surface area contributed by atoms with E-state index in [2.05, 4.69) is 167 Å². The number of para-hydroxylation sites is 3. The summed E-state index contributed by atoms with van der Waals surface area (Å²) in [5.41, 5.74) is 13.7. The Morgan fingerprint density at radius 1 is 0.580 bits per heavy atom.